The monoisotopic (exact) mass is 491 g/mol. The van der Waals surface area contributed by atoms with Crippen LogP contribution in [0.3, 0.4) is 0 Å². The molecule has 0 radical (unpaired) electrons. The van der Waals surface area contributed by atoms with Crippen LogP contribution in [0.25, 0.3) is 11.4 Å². The third-order valence-electron chi connectivity index (χ3n) is 5.57. The van der Waals surface area contributed by atoms with E-state index in [0.717, 1.165) is 16.7 Å². The molecule has 34 heavy (non-hydrogen) atoms. The van der Waals surface area contributed by atoms with Crippen molar-refractivity contribution in [3.8, 4) is 17.1 Å². The SMILES string of the molecule is COc1ccc([C@@H]2Nn3c(nnc3-c3ccccc3)S[C@H]2C(=O)NCc2ccccc2)cc1Cl. The summed E-state index contributed by atoms with van der Waals surface area (Å²) in [5.74, 6) is 1.15. The molecule has 2 N–H and O–H groups in total. The van der Waals surface area contributed by atoms with Gasteiger partial charge in [0.05, 0.1) is 18.2 Å². The predicted molar refractivity (Wildman–Crippen MR) is 133 cm³/mol. The van der Waals surface area contributed by atoms with E-state index in [9.17, 15) is 4.79 Å². The Balaban J connectivity index is 1.48. The van der Waals surface area contributed by atoms with E-state index in [1.54, 1.807) is 7.11 Å². The molecule has 9 heteroatoms. The molecule has 2 heterocycles. The minimum absolute atomic E-state index is 0.103. The molecule has 0 bridgehead atoms. The number of hydrogen-bond acceptors (Lipinski definition) is 6. The maximum atomic E-state index is 13.4. The number of nitrogens with zero attached hydrogens (tertiary/aromatic N) is 3. The summed E-state index contributed by atoms with van der Waals surface area (Å²) >= 11 is 7.81. The lowest BCUT2D eigenvalue weighted by Gasteiger charge is -2.33. The number of amides is 1. The Morgan fingerprint density at radius 2 is 1.82 bits per heavy atom. The number of ether oxygens (including phenoxy) is 1. The zero-order chi connectivity index (χ0) is 23.5. The Morgan fingerprint density at radius 1 is 1.09 bits per heavy atom. The molecule has 0 fully saturated rings. The molecule has 1 aromatic heterocycles. The number of aromatic nitrogens is 3. The van der Waals surface area contributed by atoms with Crippen molar-refractivity contribution in [2.24, 2.45) is 0 Å². The molecule has 0 unspecified atom stereocenters. The summed E-state index contributed by atoms with van der Waals surface area (Å²) in [6.45, 7) is 0.439. The van der Waals surface area contributed by atoms with Crippen LogP contribution in [0.4, 0.5) is 0 Å². The molecular weight excluding hydrogens is 470 g/mol. The van der Waals surface area contributed by atoms with Crippen molar-refractivity contribution in [2.75, 3.05) is 12.5 Å². The Hall–Kier alpha value is -3.49. The van der Waals surface area contributed by atoms with E-state index in [2.05, 4.69) is 20.9 Å². The first-order valence-electron chi connectivity index (χ1n) is 10.7. The fraction of sp³-hybridized carbons (Fsp3) is 0.160. The van der Waals surface area contributed by atoms with Gasteiger partial charge in [-0.1, -0.05) is 90.1 Å². The van der Waals surface area contributed by atoms with Crippen molar-refractivity contribution in [3.63, 3.8) is 0 Å². The van der Waals surface area contributed by atoms with Crippen LogP contribution in [-0.2, 0) is 11.3 Å². The lowest BCUT2D eigenvalue weighted by Crippen LogP contribution is -2.43. The first-order valence-corrected chi connectivity index (χ1v) is 12.0. The molecular formula is C25H22ClN5O2S. The maximum Gasteiger partial charge on any atom is 0.236 e. The van der Waals surface area contributed by atoms with Crippen LogP contribution >= 0.6 is 23.4 Å². The zero-order valence-electron chi connectivity index (χ0n) is 18.3. The molecule has 2 atom stereocenters. The summed E-state index contributed by atoms with van der Waals surface area (Å²) in [6.07, 6.45) is 0. The first kappa shape index (κ1) is 22.3. The van der Waals surface area contributed by atoms with Gasteiger partial charge in [0.25, 0.3) is 0 Å². The Bertz CT molecular complexity index is 1300. The third kappa shape index (κ3) is 4.47. The van der Waals surface area contributed by atoms with E-state index >= 15 is 0 Å². The van der Waals surface area contributed by atoms with E-state index in [4.69, 9.17) is 16.3 Å². The highest BCUT2D eigenvalue weighted by molar-refractivity contribution is 8.00. The predicted octanol–water partition coefficient (Wildman–Crippen LogP) is 4.68. The van der Waals surface area contributed by atoms with Gasteiger partial charge in [0.2, 0.25) is 11.1 Å². The second kappa shape index (κ2) is 9.79. The van der Waals surface area contributed by atoms with E-state index in [1.807, 2.05) is 83.5 Å². The van der Waals surface area contributed by atoms with Crippen LogP contribution in [0.15, 0.2) is 84.0 Å². The van der Waals surface area contributed by atoms with Gasteiger partial charge in [-0.3, -0.25) is 4.79 Å². The van der Waals surface area contributed by atoms with Crippen molar-refractivity contribution in [3.05, 3.63) is 95.0 Å². The van der Waals surface area contributed by atoms with Gasteiger partial charge in [-0.05, 0) is 23.3 Å². The maximum absolute atomic E-state index is 13.4. The van der Waals surface area contributed by atoms with Crippen molar-refractivity contribution in [1.29, 1.82) is 0 Å². The van der Waals surface area contributed by atoms with Gasteiger partial charge in [-0.2, -0.15) is 0 Å². The summed E-state index contributed by atoms with van der Waals surface area (Å²) in [6, 6.07) is 24.8. The van der Waals surface area contributed by atoms with Crippen LogP contribution in [0.5, 0.6) is 5.75 Å². The topological polar surface area (TPSA) is 81.1 Å². The van der Waals surface area contributed by atoms with Crippen molar-refractivity contribution < 1.29 is 9.53 Å². The van der Waals surface area contributed by atoms with Crippen molar-refractivity contribution in [1.82, 2.24) is 20.2 Å². The van der Waals surface area contributed by atoms with Gasteiger partial charge in [-0.15, -0.1) is 10.2 Å². The standard InChI is InChI=1S/C25H22ClN5O2S/c1-33-20-13-12-18(14-19(20)26)21-22(24(32)27-15-16-8-4-2-5-9-16)34-25-29-28-23(31(25)30-21)17-10-6-3-7-11-17/h2-14,21-22,30H,15H2,1H3,(H,27,32)/t21-,22+/m0/s1. The van der Waals surface area contributed by atoms with Crippen molar-refractivity contribution in [2.45, 2.75) is 23.0 Å². The molecule has 0 aliphatic carbocycles. The van der Waals surface area contributed by atoms with Gasteiger partial charge < -0.3 is 15.5 Å². The summed E-state index contributed by atoms with van der Waals surface area (Å²) < 4.78 is 7.14. The highest BCUT2D eigenvalue weighted by Gasteiger charge is 2.38. The smallest absolute Gasteiger partial charge is 0.236 e. The molecule has 7 nitrogen and oxygen atoms in total. The Morgan fingerprint density at radius 3 is 2.53 bits per heavy atom. The summed E-state index contributed by atoms with van der Waals surface area (Å²) in [5, 5.41) is 12.4. The average Bonchev–Trinajstić information content (AvgIpc) is 3.30. The molecule has 0 saturated carbocycles. The van der Waals surface area contributed by atoms with E-state index in [-0.39, 0.29) is 11.9 Å². The van der Waals surface area contributed by atoms with Gasteiger partial charge in [0.15, 0.2) is 5.82 Å². The number of hydrogen-bond donors (Lipinski definition) is 2. The van der Waals surface area contributed by atoms with Gasteiger partial charge >= 0.3 is 0 Å². The van der Waals surface area contributed by atoms with Crippen LogP contribution in [0, 0.1) is 0 Å². The third-order valence-corrected chi connectivity index (χ3v) is 7.08. The number of benzene rings is 3. The van der Waals surface area contributed by atoms with Crippen molar-refractivity contribution >= 4 is 29.3 Å². The number of fused-ring (bicyclic) bond motifs is 1. The molecule has 3 aromatic carbocycles. The van der Waals surface area contributed by atoms with Crippen LogP contribution in [0.1, 0.15) is 17.2 Å². The highest BCUT2D eigenvalue weighted by Crippen LogP contribution is 2.40. The first-order chi connectivity index (χ1) is 16.6. The van der Waals surface area contributed by atoms with Crippen LogP contribution in [0.2, 0.25) is 5.02 Å². The molecule has 1 aliphatic rings. The molecule has 1 aliphatic heterocycles. The minimum Gasteiger partial charge on any atom is -0.495 e. The Labute approximate surface area is 206 Å². The molecule has 4 aromatic rings. The summed E-state index contributed by atoms with van der Waals surface area (Å²) in [7, 11) is 1.57. The van der Waals surface area contributed by atoms with E-state index < -0.39 is 5.25 Å². The van der Waals surface area contributed by atoms with Gasteiger partial charge in [0.1, 0.15) is 11.0 Å². The van der Waals surface area contributed by atoms with E-state index in [0.29, 0.717) is 28.3 Å². The highest BCUT2D eigenvalue weighted by atomic mass is 35.5. The molecule has 1 amide bonds. The number of carbonyl (C=O) groups excluding carboxylic acids is 1. The number of nitrogens with one attached hydrogen (secondary N) is 2. The summed E-state index contributed by atoms with van der Waals surface area (Å²) in [5.41, 5.74) is 6.28. The summed E-state index contributed by atoms with van der Waals surface area (Å²) in [4.78, 5) is 13.4. The zero-order valence-corrected chi connectivity index (χ0v) is 19.9. The quantitative estimate of drug-likeness (QED) is 0.407. The number of rotatable bonds is 6. The number of thioether (sulfide) groups is 1. The van der Waals surface area contributed by atoms with Gasteiger partial charge in [0, 0.05) is 12.1 Å². The fourth-order valence-corrected chi connectivity index (χ4v) is 5.21. The fourth-order valence-electron chi connectivity index (χ4n) is 3.84. The van der Waals surface area contributed by atoms with E-state index in [1.165, 1.54) is 11.8 Å². The second-order valence-corrected chi connectivity index (χ2v) is 9.27. The largest absolute Gasteiger partial charge is 0.495 e. The molecule has 172 valence electrons. The normalized spacial score (nSPS) is 16.9. The number of methoxy groups -OCH3 is 1. The lowest BCUT2D eigenvalue weighted by atomic mass is 10.0. The molecule has 0 saturated heterocycles. The number of carbonyl (C=O) groups is 1. The molecule has 0 spiro atoms. The average molecular weight is 492 g/mol. The lowest BCUT2D eigenvalue weighted by molar-refractivity contribution is -0.121. The van der Waals surface area contributed by atoms with Crippen LogP contribution < -0.4 is 15.5 Å². The molecule has 5 rings (SSSR count). The minimum atomic E-state index is -0.492. The van der Waals surface area contributed by atoms with Gasteiger partial charge in [-0.25, -0.2) is 4.68 Å². The Kier molecular flexibility index (Phi) is 6.42. The van der Waals surface area contributed by atoms with Crippen LogP contribution in [-0.4, -0.2) is 33.1 Å². The number of halogens is 1. The second-order valence-electron chi connectivity index (χ2n) is 7.75.